The third kappa shape index (κ3) is 5.30. The average Bonchev–Trinajstić information content (AvgIpc) is 3.50. The van der Waals surface area contributed by atoms with E-state index in [1.165, 1.54) is 40.6 Å². The number of fused-ring (bicyclic) bond motifs is 2. The SMILES string of the molecule is CC(C)(C)C1CCC(Nc2ccc3nc(C4(N)CCC(C(C)(C)C)CC4)c(-c4cc5ccccc5s4)n3n2)CC1. The monoisotopic (exact) mass is 557 g/mol. The van der Waals surface area contributed by atoms with E-state index in [9.17, 15) is 0 Å². The van der Waals surface area contributed by atoms with Crippen molar-refractivity contribution < 1.29 is 0 Å². The lowest BCUT2D eigenvalue weighted by Crippen LogP contribution is -2.43. The number of nitrogens with two attached hydrogens (primary N) is 1. The zero-order valence-corrected chi connectivity index (χ0v) is 26.1. The van der Waals surface area contributed by atoms with Crippen LogP contribution in [0.25, 0.3) is 26.3 Å². The molecule has 0 unspecified atom stereocenters. The maximum absolute atomic E-state index is 7.30. The van der Waals surface area contributed by atoms with Gasteiger partial charge in [-0.15, -0.1) is 16.4 Å². The number of rotatable bonds is 4. The van der Waals surface area contributed by atoms with E-state index < -0.39 is 5.54 Å². The largest absolute Gasteiger partial charge is 0.366 e. The fraction of sp³-hybridized carbons (Fsp3) is 0.588. The maximum Gasteiger partial charge on any atom is 0.154 e. The maximum atomic E-state index is 7.30. The van der Waals surface area contributed by atoms with Crippen molar-refractivity contribution in [2.45, 2.75) is 104 Å². The highest BCUT2D eigenvalue weighted by Gasteiger charge is 2.41. The topological polar surface area (TPSA) is 68.2 Å². The van der Waals surface area contributed by atoms with Crippen LogP contribution in [0, 0.1) is 22.7 Å². The van der Waals surface area contributed by atoms with Crippen LogP contribution in [0.2, 0.25) is 0 Å². The van der Waals surface area contributed by atoms with E-state index in [1.807, 2.05) is 11.3 Å². The van der Waals surface area contributed by atoms with Crippen molar-refractivity contribution in [3.05, 3.63) is 48.2 Å². The molecule has 0 bridgehead atoms. The van der Waals surface area contributed by atoms with Gasteiger partial charge in [-0.05, 0) is 104 Å². The van der Waals surface area contributed by atoms with Gasteiger partial charge in [0.1, 0.15) is 11.5 Å². The number of nitrogens with one attached hydrogen (secondary N) is 1. The molecule has 3 aromatic heterocycles. The molecular weight excluding hydrogens is 510 g/mol. The number of benzene rings is 1. The number of aromatic nitrogens is 3. The number of anilines is 1. The zero-order chi connectivity index (χ0) is 28.3. The van der Waals surface area contributed by atoms with Crippen molar-refractivity contribution in [3.8, 4) is 10.6 Å². The molecule has 5 nitrogen and oxygen atoms in total. The van der Waals surface area contributed by atoms with E-state index in [0.29, 0.717) is 22.8 Å². The smallest absolute Gasteiger partial charge is 0.154 e. The molecule has 2 aliphatic rings. The van der Waals surface area contributed by atoms with Crippen LogP contribution in [0.5, 0.6) is 0 Å². The summed E-state index contributed by atoms with van der Waals surface area (Å²) in [4.78, 5) is 6.42. The van der Waals surface area contributed by atoms with Crippen LogP contribution in [0.1, 0.15) is 98.6 Å². The Hall–Kier alpha value is -2.44. The van der Waals surface area contributed by atoms with Crippen LogP contribution >= 0.6 is 11.3 Å². The molecule has 4 aromatic rings. The standard InChI is InChI=1S/C34H47N5S/c1-32(2,3)23-11-13-25(14-12-23)36-28-15-16-29-37-31(34(35)19-17-24(18-20-34)33(4,5)6)30(39(29)38-28)27-21-22-9-7-8-10-26(22)40-27/h7-10,15-16,21,23-25H,11-14,17-20,35H2,1-6H3,(H,36,38). The molecule has 0 spiro atoms. The van der Waals surface area contributed by atoms with Gasteiger partial charge in [0, 0.05) is 10.7 Å². The van der Waals surface area contributed by atoms with Crippen LogP contribution in [-0.4, -0.2) is 20.6 Å². The van der Waals surface area contributed by atoms with E-state index >= 15 is 0 Å². The second-order valence-electron chi connectivity index (χ2n) is 14.8. The van der Waals surface area contributed by atoms with Crippen LogP contribution in [0.15, 0.2) is 42.5 Å². The van der Waals surface area contributed by atoms with E-state index in [2.05, 4.69) is 93.8 Å². The van der Waals surface area contributed by atoms with Gasteiger partial charge in [-0.25, -0.2) is 9.50 Å². The summed E-state index contributed by atoms with van der Waals surface area (Å²) >= 11 is 1.82. The Labute approximate surface area is 244 Å². The molecule has 3 heterocycles. The van der Waals surface area contributed by atoms with Crippen LogP contribution < -0.4 is 11.1 Å². The summed E-state index contributed by atoms with van der Waals surface area (Å²) in [6.45, 7) is 14.2. The lowest BCUT2D eigenvalue weighted by molar-refractivity contribution is 0.132. The molecule has 0 aliphatic heterocycles. The second kappa shape index (κ2) is 10.1. The van der Waals surface area contributed by atoms with Crippen molar-refractivity contribution in [1.82, 2.24) is 14.6 Å². The minimum Gasteiger partial charge on any atom is -0.366 e. The van der Waals surface area contributed by atoms with Crippen molar-refractivity contribution in [2.75, 3.05) is 5.32 Å². The molecule has 0 radical (unpaired) electrons. The highest BCUT2D eigenvalue weighted by atomic mass is 32.1. The van der Waals surface area contributed by atoms with Crippen molar-refractivity contribution in [3.63, 3.8) is 0 Å². The Kier molecular flexibility index (Phi) is 7.02. The Balaban J connectivity index is 1.36. The fourth-order valence-electron chi connectivity index (χ4n) is 7.23. The Morgan fingerprint density at radius 2 is 1.52 bits per heavy atom. The number of hydrogen-bond acceptors (Lipinski definition) is 5. The Morgan fingerprint density at radius 3 is 2.17 bits per heavy atom. The number of thiophene rings is 1. The molecule has 2 saturated carbocycles. The Morgan fingerprint density at radius 1 is 0.875 bits per heavy atom. The Bertz CT molecular complexity index is 1450. The molecule has 0 amide bonds. The first-order chi connectivity index (χ1) is 18.9. The summed E-state index contributed by atoms with van der Waals surface area (Å²) in [5.74, 6) is 2.42. The van der Waals surface area contributed by atoms with Gasteiger partial charge in [-0.1, -0.05) is 59.7 Å². The molecule has 2 aliphatic carbocycles. The van der Waals surface area contributed by atoms with Gasteiger partial charge < -0.3 is 11.1 Å². The van der Waals surface area contributed by atoms with Gasteiger partial charge in [0.25, 0.3) is 0 Å². The summed E-state index contributed by atoms with van der Waals surface area (Å²) in [5, 5.41) is 10.2. The van der Waals surface area contributed by atoms with Gasteiger partial charge in [-0.3, -0.25) is 0 Å². The highest BCUT2D eigenvalue weighted by Crippen LogP contribution is 2.47. The lowest BCUT2D eigenvalue weighted by Gasteiger charge is -2.41. The minimum absolute atomic E-state index is 0.308. The first kappa shape index (κ1) is 27.7. The van der Waals surface area contributed by atoms with E-state index in [0.717, 1.165) is 54.5 Å². The third-order valence-electron chi connectivity index (χ3n) is 10.0. The van der Waals surface area contributed by atoms with Gasteiger partial charge in [0.2, 0.25) is 0 Å². The quantitative estimate of drug-likeness (QED) is 0.263. The van der Waals surface area contributed by atoms with E-state index in [4.69, 9.17) is 15.8 Å². The molecule has 6 rings (SSSR count). The molecule has 0 saturated heterocycles. The first-order valence-electron chi connectivity index (χ1n) is 15.4. The van der Waals surface area contributed by atoms with Gasteiger partial charge in [0.15, 0.2) is 5.65 Å². The van der Waals surface area contributed by atoms with Crippen LogP contribution in [0.3, 0.4) is 0 Å². The molecule has 1 aromatic carbocycles. The summed E-state index contributed by atoms with van der Waals surface area (Å²) < 4.78 is 3.36. The predicted molar refractivity (Wildman–Crippen MR) is 170 cm³/mol. The minimum atomic E-state index is -0.445. The van der Waals surface area contributed by atoms with Gasteiger partial charge in [-0.2, -0.15) is 0 Å². The first-order valence-corrected chi connectivity index (χ1v) is 16.2. The molecule has 3 N–H and O–H groups in total. The molecule has 40 heavy (non-hydrogen) atoms. The number of imidazole rings is 1. The summed E-state index contributed by atoms with van der Waals surface area (Å²) in [6.07, 6.45) is 9.13. The van der Waals surface area contributed by atoms with Gasteiger partial charge >= 0.3 is 0 Å². The van der Waals surface area contributed by atoms with Crippen LogP contribution in [-0.2, 0) is 5.54 Å². The van der Waals surface area contributed by atoms with Crippen molar-refractivity contribution >= 4 is 32.9 Å². The van der Waals surface area contributed by atoms with Crippen molar-refractivity contribution in [1.29, 1.82) is 0 Å². The van der Waals surface area contributed by atoms with Gasteiger partial charge in [0.05, 0.1) is 16.1 Å². The summed E-state index contributed by atoms with van der Waals surface area (Å²) in [7, 11) is 0. The second-order valence-corrected chi connectivity index (χ2v) is 15.9. The average molecular weight is 558 g/mol. The number of hydrogen-bond donors (Lipinski definition) is 2. The molecular formula is C34H47N5S. The third-order valence-corrected chi connectivity index (χ3v) is 11.1. The molecule has 6 heteroatoms. The van der Waals surface area contributed by atoms with E-state index in [-0.39, 0.29) is 0 Å². The molecule has 214 valence electrons. The zero-order valence-electron chi connectivity index (χ0n) is 25.3. The number of nitrogens with zero attached hydrogens (tertiary/aromatic N) is 3. The molecule has 0 atom stereocenters. The van der Waals surface area contributed by atoms with Crippen molar-refractivity contribution in [2.24, 2.45) is 28.4 Å². The predicted octanol–water partition coefficient (Wildman–Crippen LogP) is 9.02. The normalized spacial score (nSPS) is 26.4. The lowest BCUT2D eigenvalue weighted by atomic mass is 9.66. The molecule has 2 fully saturated rings. The summed E-state index contributed by atoms with van der Waals surface area (Å²) in [6, 6.07) is 15.6. The summed E-state index contributed by atoms with van der Waals surface area (Å²) in [5.41, 5.74) is 10.5. The van der Waals surface area contributed by atoms with Crippen LogP contribution in [0.4, 0.5) is 5.82 Å². The fourth-order valence-corrected chi connectivity index (χ4v) is 8.32. The highest BCUT2D eigenvalue weighted by molar-refractivity contribution is 7.22. The van der Waals surface area contributed by atoms with E-state index in [1.54, 1.807) is 0 Å².